The number of nitrogens with zero attached hydrogens (tertiary/aromatic N) is 4. The number of hydrogen-bond donors (Lipinski definition) is 0. The van der Waals surface area contributed by atoms with Crippen LogP contribution in [0.25, 0.3) is 11.5 Å². The Kier molecular flexibility index (Phi) is 7.22. The molecule has 31 heavy (non-hydrogen) atoms. The number of halogens is 4. The smallest absolute Gasteiger partial charge is 0.417 e. The van der Waals surface area contributed by atoms with Crippen LogP contribution in [0.1, 0.15) is 25.3 Å². The number of carbonyl (C=O) groups excluding carboxylic acids is 1. The summed E-state index contributed by atoms with van der Waals surface area (Å²) in [6, 6.07) is 9.05. The fourth-order valence-electron chi connectivity index (χ4n) is 2.62. The zero-order chi connectivity index (χ0) is 22.6. The molecule has 0 unspecified atom stereocenters. The number of benzene rings is 1. The minimum atomic E-state index is -4.45. The van der Waals surface area contributed by atoms with Crippen LogP contribution in [0.5, 0.6) is 0 Å². The van der Waals surface area contributed by atoms with Crippen LogP contribution in [0, 0.1) is 0 Å². The second kappa shape index (κ2) is 9.69. The third kappa shape index (κ3) is 5.98. The van der Waals surface area contributed by atoms with Crippen molar-refractivity contribution in [2.75, 3.05) is 5.75 Å². The van der Waals surface area contributed by atoms with E-state index in [4.69, 9.17) is 16.0 Å². The Morgan fingerprint density at radius 1 is 1.19 bits per heavy atom. The van der Waals surface area contributed by atoms with Crippen LogP contribution in [-0.4, -0.2) is 37.8 Å². The number of carbonyl (C=O) groups is 1. The van der Waals surface area contributed by atoms with Crippen LogP contribution < -0.4 is 0 Å². The van der Waals surface area contributed by atoms with Crippen LogP contribution in [0.15, 0.2) is 52.0 Å². The summed E-state index contributed by atoms with van der Waals surface area (Å²) >= 11 is 7.20. The SMILES string of the molecule is CC(C)N(Cc1nnc(-c2ccccc2Cl)o1)C(=O)CSc1ccc(C(F)(F)F)cn1. The van der Waals surface area contributed by atoms with Crippen LogP contribution in [0.4, 0.5) is 13.2 Å². The zero-order valence-electron chi connectivity index (χ0n) is 16.6. The molecule has 0 fully saturated rings. The van der Waals surface area contributed by atoms with Crippen molar-refractivity contribution in [1.29, 1.82) is 0 Å². The molecule has 6 nitrogen and oxygen atoms in total. The van der Waals surface area contributed by atoms with E-state index in [-0.39, 0.29) is 36.0 Å². The Bertz CT molecular complexity index is 1040. The number of rotatable bonds is 7. The van der Waals surface area contributed by atoms with Gasteiger partial charge in [-0.3, -0.25) is 4.79 Å². The van der Waals surface area contributed by atoms with E-state index in [0.717, 1.165) is 24.0 Å². The van der Waals surface area contributed by atoms with Crippen LogP contribution in [-0.2, 0) is 17.5 Å². The van der Waals surface area contributed by atoms with Gasteiger partial charge in [0.2, 0.25) is 17.7 Å². The highest BCUT2D eigenvalue weighted by Crippen LogP contribution is 2.30. The molecule has 0 atom stereocenters. The minimum Gasteiger partial charge on any atom is -0.419 e. The molecule has 164 valence electrons. The summed E-state index contributed by atoms with van der Waals surface area (Å²) in [4.78, 5) is 18.0. The van der Waals surface area contributed by atoms with E-state index in [0.29, 0.717) is 15.6 Å². The maximum Gasteiger partial charge on any atom is 0.417 e. The molecule has 2 aromatic heterocycles. The van der Waals surface area contributed by atoms with Gasteiger partial charge in [0.15, 0.2) is 0 Å². The summed E-state index contributed by atoms with van der Waals surface area (Å²) in [7, 11) is 0. The lowest BCUT2D eigenvalue weighted by atomic mass is 10.2. The normalized spacial score (nSPS) is 11.7. The molecule has 0 aliphatic rings. The second-order valence-electron chi connectivity index (χ2n) is 6.77. The molecule has 0 saturated carbocycles. The number of amides is 1. The van der Waals surface area contributed by atoms with E-state index < -0.39 is 11.7 Å². The number of alkyl halides is 3. The third-order valence-corrected chi connectivity index (χ3v) is 5.49. The number of pyridine rings is 1. The van der Waals surface area contributed by atoms with E-state index in [1.165, 1.54) is 6.07 Å². The van der Waals surface area contributed by atoms with Gasteiger partial charge in [-0.1, -0.05) is 35.5 Å². The maximum atomic E-state index is 12.7. The van der Waals surface area contributed by atoms with Gasteiger partial charge in [-0.25, -0.2) is 4.98 Å². The molecule has 3 aromatic rings. The van der Waals surface area contributed by atoms with Gasteiger partial charge in [-0.2, -0.15) is 13.2 Å². The Morgan fingerprint density at radius 2 is 1.94 bits per heavy atom. The van der Waals surface area contributed by atoms with Crippen molar-refractivity contribution in [3.8, 4) is 11.5 Å². The molecule has 0 radical (unpaired) electrons. The highest BCUT2D eigenvalue weighted by atomic mass is 35.5. The highest BCUT2D eigenvalue weighted by molar-refractivity contribution is 7.99. The van der Waals surface area contributed by atoms with E-state index >= 15 is 0 Å². The first kappa shape index (κ1) is 23.1. The molecule has 0 aliphatic carbocycles. The van der Waals surface area contributed by atoms with Crippen molar-refractivity contribution < 1.29 is 22.4 Å². The lowest BCUT2D eigenvalue weighted by Crippen LogP contribution is -2.37. The van der Waals surface area contributed by atoms with E-state index in [1.807, 2.05) is 13.8 Å². The Labute approximate surface area is 185 Å². The minimum absolute atomic E-state index is 0.00204. The van der Waals surface area contributed by atoms with Crippen LogP contribution in [0.2, 0.25) is 5.02 Å². The molecule has 0 spiro atoms. The Hall–Kier alpha value is -2.59. The summed E-state index contributed by atoms with van der Waals surface area (Å²) in [5.41, 5.74) is -0.244. The molecule has 3 rings (SSSR count). The standard InChI is InChI=1S/C20H18ClF3N4O2S/c1-12(2)28(10-16-26-27-19(30-16)14-5-3-4-6-15(14)21)18(29)11-31-17-8-7-13(9-25-17)20(22,23)24/h3-9,12H,10-11H2,1-2H3. The van der Waals surface area contributed by atoms with Crippen molar-refractivity contribution in [3.63, 3.8) is 0 Å². The van der Waals surface area contributed by atoms with Crippen molar-refractivity contribution in [2.24, 2.45) is 0 Å². The third-order valence-electron chi connectivity index (χ3n) is 4.23. The predicted molar refractivity (Wildman–Crippen MR) is 110 cm³/mol. The molecular weight excluding hydrogens is 453 g/mol. The average molecular weight is 471 g/mol. The number of hydrogen-bond acceptors (Lipinski definition) is 6. The summed E-state index contributed by atoms with van der Waals surface area (Å²) in [5.74, 6) is 0.260. The van der Waals surface area contributed by atoms with Crippen LogP contribution in [0.3, 0.4) is 0 Å². The number of thioether (sulfide) groups is 1. The molecule has 0 saturated heterocycles. The largest absolute Gasteiger partial charge is 0.419 e. The second-order valence-corrected chi connectivity index (χ2v) is 8.17. The summed E-state index contributed by atoms with van der Waals surface area (Å²) in [6.45, 7) is 3.77. The molecular formula is C20H18ClF3N4O2S. The average Bonchev–Trinajstić information content (AvgIpc) is 3.18. The van der Waals surface area contributed by atoms with Crippen molar-refractivity contribution in [2.45, 2.75) is 37.6 Å². The number of aromatic nitrogens is 3. The molecule has 0 bridgehead atoms. The van der Waals surface area contributed by atoms with Gasteiger partial charge in [0.25, 0.3) is 0 Å². The first-order chi connectivity index (χ1) is 14.6. The Balaban J connectivity index is 1.64. The van der Waals surface area contributed by atoms with Gasteiger partial charge in [-0.05, 0) is 38.1 Å². The lowest BCUT2D eigenvalue weighted by molar-refractivity contribution is -0.138. The fourth-order valence-corrected chi connectivity index (χ4v) is 3.56. The summed E-state index contributed by atoms with van der Waals surface area (Å²) in [6.07, 6.45) is -3.70. The topological polar surface area (TPSA) is 72.1 Å². The van der Waals surface area contributed by atoms with Crippen molar-refractivity contribution >= 4 is 29.3 Å². The van der Waals surface area contributed by atoms with Crippen molar-refractivity contribution in [1.82, 2.24) is 20.1 Å². The Morgan fingerprint density at radius 3 is 2.55 bits per heavy atom. The molecule has 2 heterocycles. The highest BCUT2D eigenvalue weighted by Gasteiger charge is 2.30. The molecule has 1 aromatic carbocycles. The van der Waals surface area contributed by atoms with Gasteiger partial charge in [0, 0.05) is 12.2 Å². The monoisotopic (exact) mass is 470 g/mol. The van der Waals surface area contributed by atoms with Gasteiger partial charge >= 0.3 is 6.18 Å². The van der Waals surface area contributed by atoms with E-state index in [1.54, 1.807) is 29.2 Å². The van der Waals surface area contributed by atoms with Crippen molar-refractivity contribution in [3.05, 3.63) is 59.1 Å². The first-order valence-corrected chi connectivity index (χ1v) is 10.5. The molecule has 11 heteroatoms. The lowest BCUT2D eigenvalue weighted by Gasteiger charge is -2.25. The molecule has 1 amide bonds. The quantitative estimate of drug-likeness (QED) is 0.434. The zero-order valence-corrected chi connectivity index (χ0v) is 18.1. The molecule has 0 aliphatic heterocycles. The van der Waals surface area contributed by atoms with E-state index in [2.05, 4.69) is 15.2 Å². The van der Waals surface area contributed by atoms with Gasteiger partial charge in [0.05, 0.1) is 33.5 Å². The summed E-state index contributed by atoms with van der Waals surface area (Å²) in [5, 5.41) is 8.78. The van der Waals surface area contributed by atoms with Crippen LogP contribution >= 0.6 is 23.4 Å². The predicted octanol–water partition coefficient (Wildman–Crippen LogP) is 5.33. The van der Waals surface area contributed by atoms with E-state index in [9.17, 15) is 18.0 Å². The van der Waals surface area contributed by atoms with Gasteiger partial charge in [0.1, 0.15) is 0 Å². The fraction of sp³-hybridized carbons (Fsp3) is 0.300. The van der Waals surface area contributed by atoms with Gasteiger partial charge in [-0.15, -0.1) is 10.2 Å². The summed E-state index contributed by atoms with van der Waals surface area (Å²) < 4.78 is 43.6. The van der Waals surface area contributed by atoms with Gasteiger partial charge < -0.3 is 9.32 Å². The first-order valence-electron chi connectivity index (χ1n) is 9.18. The molecule has 0 N–H and O–H groups in total. The maximum absolute atomic E-state index is 12.7.